The number of nitrogens with zero attached hydrogens (tertiary/aromatic N) is 1. The summed E-state index contributed by atoms with van der Waals surface area (Å²) < 4.78 is 13.5. The van der Waals surface area contributed by atoms with Gasteiger partial charge in [-0.15, -0.1) is 11.3 Å². The number of likely N-dealkylation sites (N-methyl/N-ethyl adjacent to an activating group) is 1. The summed E-state index contributed by atoms with van der Waals surface area (Å²) in [6.07, 6.45) is 0. The van der Waals surface area contributed by atoms with Gasteiger partial charge in [0.25, 0.3) is 5.91 Å². The summed E-state index contributed by atoms with van der Waals surface area (Å²) in [4.78, 5) is 25.9. The lowest BCUT2D eigenvalue weighted by atomic mass is 10.3. The van der Waals surface area contributed by atoms with Crippen LogP contribution in [0, 0.1) is 5.82 Å². The van der Waals surface area contributed by atoms with Crippen LogP contribution >= 0.6 is 27.3 Å². The highest BCUT2D eigenvalue weighted by atomic mass is 79.9. The highest BCUT2D eigenvalue weighted by molar-refractivity contribution is 9.10. The predicted octanol–water partition coefficient (Wildman–Crippen LogP) is 3.36. The second kappa shape index (κ2) is 6.82. The molecular weight excluding hydrogens is 359 g/mol. The molecule has 7 heteroatoms. The van der Waals surface area contributed by atoms with Crippen molar-refractivity contribution in [1.82, 2.24) is 4.90 Å². The normalized spacial score (nSPS) is 10.2. The highest BCUT2D eigenvalue weighted by Crippen LogP contribution is 2.23. The number of hydrogen-bond donors (Lipinski definition) is 1. The Balaban J connectivity index is 1.94. The van der Waals surface area contributed by atoms with Gasteiger partial charge in [0, 0.05) is 17.2 Å². The van der Waals surface area contributed by atoms with Crippen LogP contribution in [0.15, 0.2) is 40.2 Å². The van der Waals surface area contributed by atoms with Gasteiger partial charge in [0.2, 0.25) is 5.91 Å². The Labute approximate surface area is 133 Å². The molecule has 21 heavy (non-hydrogen) atoms. The first-order valence-electron chi connectivity index (χ1n) is 6.01. The van der Waals surface area contributed by atoms with Crippen molar-refractivity contribution in [3.63, 3.8) is 0 Å². The summed E-state index contributed by atoms with van der Waals surface area (Å²) in [6, 6.07) is 7.22. The molecule has 0 radical (unpaired) electrons. The van der Waals surface area contributed by atoms with Gasteiger partial charge >= 0.3 is 0 Å². The SMILES string of the molecule is CN(CC(=O)Nc1ccc(F)cc1)C(=O)c1sccc1Br. The molecular formula is C14H12BrFN2O2S. The summed E-state index contributed by atoms with van der Waals surface area (Å²) in [5, 5.41) is 4.40. The van der Waals surface area contributed by atoms with Crippen LogP contribution in [0.25, 0.3) is 0 Å². The summed E-state index contributed by atoms with van der Waals surface area (Å²) in [7, 11) is 1.55. The maximum atomic E-state index is 12.8. The maximum absolute atomic E-state index is 12.8. The molecule has 0 saturated carbocycles. The van der Waals surface area contributed by atoms with E-state index in [1.165, 1.54) is 40.5 Å². The van der Waals surface area contributed by atoms with Crippen LogP contribution in [0.1, 0.15) is 9.67 Å². The predicted molar refractivity (Wildman–Crippen MR) is 84.0 cm³/mol. The fourth-order valence-corrected chi connectivity index (χ4v) is 3.18. The number of benzene rings is 1. The van der Waals surface area contributed by atoms with Crippen molar-refractivity contribution < 1.29 is 14.0 Å². The van der Waals surface area contributed by atoms with E-state index in [-0.39, 0.29) is 24.2 Å². The third kappa shape index (κ3) is 4.12. The van der Waals surface area contributed by atoms with Crippen molar-refractivity contribution >= 4 is 44.8 Å². The zero-order chi connectivity index (χ0) is 15.4. The maximum Gasteiger partial charge on any atom is 0.265 e. The van der Waals surface area contributed by atoms with Crippen molar-refractivity contribution in [2.45, 2.75) is 0 Å². The first-order valence-corrected chi connectivity index (χ1v) is 7.68. The molecule has 0 spiro atoms. The number of anilines is 1. The third-order valence-corrected chi connectivity index (χ3v) is 4.49. The quantitative estimate of drug-likeness (QED) is 0.896. The summed E-state index contributed by atoms with van der Waals surface area (Å²) >= 11 is 4.60. The first kappa shape index (κ1) is 15.7. The molecule has 4 nitrogen and oxygen atoms in total. The minimum absolute atomic E-state index is 0.0828. The molecule has 2 amide bonds. The van der Waals surface area contributed by atoms with Crippen LogP contribution in [0.2, 0.25) is 0 Å². The van der Waals surface area contributed by atoms with E-state index in [2.05, 4.69) is 21.2 Å². The van der Waals surface area contributed by atoms with E-state index in [9.17, 15) is 14.0 Å². The number of rotatable bonds is 4. The second-order valence-corrected chi connectivity index (χ2v) is 6.08. The Kier molecular flexibility index (Phi) is 5.08. The zero-order valence-electron chi connectivity index (χ0n) is 11.1. The molecule has 0 saturated heterocycles. The van der Waals surface area contributed by atoms with Gasteiger partial charge in [0.05, 0.1) is 6.54 Å². The van der Waals surface area contributed by atoms with Crippen LogP contribution in [0.3, 0.4) is 0 Å². The number of carbonyl (C=O) groups excluding carboxylic acids is 2. The Morgan fingerprint density at radius 3 is 2.52 bits per heavy atom. The zero-order valence-corrected chi connectivity index (χ0v) is 13.5. The molecule has 110 valence electrons. The van der Waals surface area contributed by atoms with Crippen molar-refractivity contribution in [3.05, 3.63) is 50.9 Å². The molecule has 0 aliphatic heterocycles. The van der Waals surface area contributed by atoms with Crippen LogP contribution < -0.4 is 5.32 Å². The van der Waals surface area contributed by atoms with Crippen LogP contribution in [-0.4, -0.2) is 30.3 Å². The molecule has 0 unspecified atom stereocenters. The van der Waals surface area contributed by atoms with Gasteiger partial charge in [-0.1, -0.05) is 0 Å². The largest absolute Gasteiger partial charge is 0.332 e. The lowest BCUT2D eigenvalue weighted by Crippen LogP contribution is -2.34. The minimum Gasteiger partial charge on any atom is -0.332 e. The Hall–Kier alpha value is -1.73. The average Bonchev–Trinajstić information content (AvgIpc) is 2.86. The molecule has 1 aromatic heterocycles. The summed E-state index contributed by atoms with van der Waals surface area (Å²) in [6.45, 7) is -0.0828. The van der Waals surface area contributed by atoms with E-state index in [0.717, 1.165) is 0 Å². The molecule has 0 aliphatic rings. The lowest BCUT2D eigenvalue weighted by molar-refractivity contribution is -0.116. The van der Waals surface area contributed by atoms with Gasteiger partial charge in [-0.25, -0.2) is 4.39 Å². The fraction of sp³-hybridized carbons (Fsp3) is 0.143. The van der Waals surface area contributed by atoms with Gasteiger partial charge in [0.1, 0.15) is 10.7 Å². The van der Waals surface area contributed by atoms with Crippen molar-refractivity contribution in [1.29, 1.82) is 0 Å². The fourth-order valence-electron chi connectivity index (χ4n) is 1.64. The number of hydrogen-bond acceptors (Lipinski definition) is 3. The molecule has 1 N–H and O–H groups in total. The van der Waals surface area contributed by atoms with E-state index >= 15 is 0 Å². The smallest absolute Gasteiger partial charge is 0.265 e. The minimum atomic E-state index is -0.372. The van der Waals surface area contributed by atoms with Crippen LogP contribution in [0.4, 0.5) is 10.1 Å². The molecule has 0 atom stereocenters. The second-order valence-electron chi connectivity index (χ2n) is 4.31. The number of carbonyl (C=O) groups is 2. The number of halogens is 2. The summed E-state index contributed by atoms with van der Waals surface area (Å²) in [5.74, 6) is -0.945. The van der Waals surface area contributed by atoms with Crippen molar-refractivity contribution in [3.8, 4) is 0 Å². The molecule has 0 aliphatic carbocycles. The van der Waals surface area contributed by atoms with Crippen molar-refractivity contribution in [2.24, 2.45) is 0 Å². The topological polar surface area (TPSA) is 49.4 Å². The molecule has 0 bridgehead atoms. The van der Waals surface area contributed by atoms with Gasteiger partial charge in [-0.2, -0.15) is 0 Å². The van der Waals surface area contributed by atoms with Crippen molar-refractivity contribution in [2.75, 3.05) is 18.9 Å². The van der Waals surface area contributed by atoms with E-state index < -0.39 is 0 Å². The van der Waals surface area contributed by atoms with Crippen LogP contribution in [-0.2, 0) is 4.79 Å². The number of thiophene rings is 1. The lowest BCUT2D eigenvalue weighted by Gasteiger charge is -2.16. The Bertz CT molecular complexity index is 657. The van der Waals surface area contributed by atoms with E-state index in [1.54, 1.807) is 18.5 Å². The van der Waals surface area contributed by atoms with E-state index in [1.807, 2.05) is 0 Å². The highest BCUT2D eigenvalue weighted by Gasteiger charge is 2.18. The van der Waals surface area contributed by atoms with Gasteiger partial charge < -0.3 is 10.2 Å². The Morgan fingerprint density at radius 1 is 1.29 bits per heavy atom. The molecule has 1 aromatic carbocycles. The van der Waals surface area contributed by atoms with E-state index in [4.69, 9.17) is 0 Å². The van der Waals surface area contributed by atoms with Gasteiger partial charge in [-0.05, 0) is 51.6 Å². The van der Waals surface area contributed by atoms with Crippen LogP contribution in [0.5, 0.6) is 0 Å². The molecule has 2 aromatic rings. The van der Waals surface area contributed by atoms with Gasteiger partial charge in [0.15, 0.2) is 0 Å². The molecule has 1 heterocycles. The standard InChI is InChI=1S/C14H12BrFN2O2S/c1-18(14(20)13-11(15)6-7-21-13)8-12(19)17-10-4-2-9(16)3-5-10/h2-7H,8H2,1H3,(H,17,19). The molecule has 0 fully saturated rings. The first-order chi connectivity index (χ1) is 9.97. The van der Waals surface area contributed by atoms with Gasteiger partial charge in [-0.3, -0.25) is 9.59 Å². The summed E-state index contributed by atoms with van der Waals surface area (Å²) in [5.41, 5.74) is 0.486. The average molecular weight is 371 g/mol. The monoisotopic (exact) mass is 370 g/mol. The molecule has 2 rings (SSSR count). The number of amides is 2. The third-order valence-electron chi connectivity index (χ3n) is 2.67. The number of nitrogens with one attached hydrogen (secondary N) is 1. The van der Waals surface area contributed by atoms with E-state index in [0.29, 0.717) is 15.0 Å². The Morgan fingerprint density at radius 2 is 1.95 bits per heavy atom.